The Morgan fingerprint density at radius 3 is 1.56 bits per heavy atom. The average Bonchev–Trinajstić information content (AvgIpc) is 2.95. The summed E-state index contributed by atoms with van der Waals surface area (Å²) in [5.41, 5.74) is 9.87. The molecule has 4 aromatic rings. The van der Waals surface area contributed by atoms with Crippen molar-refractivity contribution in [3.8, 4) is 0 Å². The van der Waals surface area contributed by atoms with E-state index in [1.54, 1.807) is 11.1 Å². The molecular formula is C37H36IN. The van der Waals surface area contributed by atoms with E-state index in [1.165, 1.54) is 63.9 Å². The van der Waals surface area contributed by atoms with Gasteiger partial charge in [-0.3, -0.25) is 0 Å². The second-order valence-electron chi connectivity index (χ2n) is 13.2. The van der Waals surface area contributed by atoms with E-state index in [-0.39, 0.29) is 10.8 Å². The van der Waals surface area contributed by atoms with E-state index in [1.807, 2.05) is 0 Å². The molecule has 1 aliphatic heterocycles. The fourth-order valence-electron chi connectivity index (χ4n) is 9.60. The van der Waals surface area contributed by atoms with Gasteiger partial charge in [0, 0.05) is 20.1 Å². The summed E-state index contributed by atoms with van der Waals surface area (Å²) in [4.78, 5) is 2.49. The van der Waals surface area contributed by atoms with Gasteiger partial charge in [-0.25, -0.2) is 0 Å². The minimum atomic E-state index is -0.0289. The number of hydrogen-bond donors (Lipinski definition) is 0. The molecule has 0 amide bonds. The average molecular weight is 622 g/mol. The Hall–Kier alpha value is -2.59. The van der Waals surface area contributed by atoms with Crippen molar-refractivity contribution in [1.29, 1.82) is 0 Å². The summed E-state index contributed by atoms with van der Waals surface area (Å²) in [6.45, 7) is 4.73. The number of benzene rings is 4. The fourth-order valence-corrected chi connectivity index (χ4v) is 9.96. The fraction of sp³-hybridized carbons (Fsp3) is 0.351. The minimum Gasteiger partial charge on any atom is -0.310 e. The molecule has 4 bridgehead atoms. The van der Waals surface area contributed by atoms with Gasteiger partial charge in [0.05, 0.1) is 11.4 Å². The van der Waals surface area contributed by atoms with E-state index in [2.05, 4.69) is 138 Å². The monoisotopic (exact) mass is 621 g/mol. The first-order chi connectivity index (χ1) is 19.0. The first-order valence-electron chi connectivity index (χ1n) is 14.8. The van der Waals surface area contributed by atoms with Crippen LogP contribution in [0.1, 0.15) is 68.2 Å². The Morgan fingerprint density at radius 1 is 0.590 bits per heavy atom. The number of para-hydroxylation sites is 2. The molecule has 4 saturated carbocycles. The summed E-state index contributed by atoms with van der Waals surface area (Å²) in [7, 11) is 0. The number of rotatable bonds is 3. The van der Waals surface area contributed by atoms with Crippen LogP contribution in [0.25, 0.3) is 0 Å². The third-order valence-electron chi connectivity index (χ3n) is 11.0. The Labute approximate surface area is 246 Å². The summed E-state index contributed by atoms with van der Waals surface area (Å²) >= 11 is 2.46. The van der Waals surface area contributed by atoms with Crippen LogP contribution in [0.3, 0.4) is 0 Å². The van der Waals surface area contributed by atoms with E-state index in [4.69, 9.17) is 0 Å². The maximum atomic E-state index is 2.50. The van der Waals surface area contributed by atoms with E-state index < -0.39 is 0 Å². The predicted octanol–water partition coefficient (Wildman–Crippen LogP) is 10.1. The second kappa shape index (κ2) is 8.70. The van der Waals surface area contributed by atoms with Crippen LogP contribution in [0.5, 0.6) is 0 Å². The van der Waals surface area contributed by atoms with Crippen molar-refractivity contribution >= 4 is 39.7 Å². The molecule has 4 fully saturated rings. The molecule has 0 aromatic heterocycles. The molecule has 196 valence electrons. The summed E-state index contributed by atoms with van der Waals surface area (Å²) < 4.78 is 1.33. The highest BCUT2D eigenvalue weighted by molar-refractivity contribution is 14.1. The lowest BCUT2D eigenvalue weighted by Gasteiger charge is -2.62. The normalized spacial score (nSPS) is 29.7. The van der Waals surface area contributed by atoms with Crippen LogP contribution in [-0.2, 0) is 10.8 Å². The highest BCUT2D eigenvalue weighted by Gasteiger charge is 2.58. The van der Waals surface area contributed by atoms with Crippen molar-refractivity contribution in [1.82, 2.24) is 0 Å². The van der Waals surface area contributed by atoms with E-state index in [0.717, 1.165) is 23.7 Å². The van der Waals surface area contributed by atoms with Crippen LogP contribution in [0.4, 0.5) is 17.1 Å². The third kappa shape index (κ3) is 3.43. The molecule has 0 N–H and O–H groups in total. The van der Waals surface area contributed by atoms with Gasteiger partial charge in [0.2, 0.25) is 0 Å². The number of anilines is 3. The molecule has 0 spiro atoms. The maximum absolute atomic E-state index is 2.50. The van der Waals surface area contributed by atoms with Crippen molar-refractivity contribution in [3.05, 3.63) is 123 Å². The summed E-state index contributed by atoms with van der Waals surface area (Å²) in [5, 5.41) is 0. The van der Waals surface area contributed by atoms with Crippen LogP contribution in [0, 0.1) is 27.2 Å². The van der Waals surface area contributed by atoms with Crippen LogP contribution in [-0.4, -0.2) is 0 Å². The molecular weight excluding hydrogens is 585 g/mol. The van der Waals surface area contributed by atoms with Crippen molar-refractivity contribution in [2.45, 2.75) is 56.8 Å². The van der Waals surface area contributed by atoms with Gasteiger partial charge < -0.3 is 4.90 Å². The zero-order chi connectivity index (χ0) is 26.4. The second-order valence-corrected chi connectivity index (χ2v) is 14.5. The first-order valence-corrected chi connectivity index (χ1v) is 15.9. The molecule has 0 atom stereocenters. The molecule has 5 aliphatic rings. The molecule has 1 nitrogen and oxygen atoms in total. The van der Waals surface area contributed by atoms with Crippen LogP contribution in [0.15, 0.2) is 97.1 Å². The van der Waals surface area contributed by atoms with E-state index >= 15 is 0 Å². The highest BCUT2D eigenvalue weighted by Crippen LogP contribution is 2.65. The number of halogens is 1. The first kappa shape index (κ1) is 24.2. The zero-order valence-corrected chi connectivity index (χ0v) is 25.1. The number of fused-ring (bicyclic) bond motifs is 2. The van der Waals surface area contributed by atoms with Crippen LogP contribution >= 0.6 is 22.6 Å². The van der Waals surface area contributed by atoms with Gasteiger partial charge in [-0.15, -0.1) is 0 Å². The quantitative estimate of drug-likeness (QED) is 0.206. The Kier molecular flexibility index (Phi) is 5.41. The minimum absolute atomic E-state index is 0.0289. The summed E-state index contributed by atoms with van der Waals surface area (Å²) in [6, 6.07) is 37.4. The molecule has 4 aliphatic carbocycles. The predicted molar refractivity (Wildman–Crippen MR) is 170 cm³/mol. The molecule has 39 heavy (non-hydrogen) atoms. The molecule has 4 aromatic carbocycles. The third-order valence-corrected chi connectivity index (χ3v) is 11.7. The molecule has 0 saturated heterocycles. The van der Waals surface area contributed by atoms with Crippen LogP contribution in [0.2, 0.25) is 0 Å². The smallest absolute Gasteiger partial charge is 0.0502 e. The Bertz CT molecular complexity index is 1470. The van der Waals surface area contributed by atoms with Gasteiger partial charge >= 0.3 is 0 Å². The van der Waals surface area contributed by atoms with Crippen molar-refractivity contribution in [2.24, 2.45) is 23.7 Å². The Balaban J connectivity index is 1.27. The largest absolute Gasteiger partial charge is 0.310 e. The zero-order valence-electron chi connectivity index (χ0n) is 22.9. The van der Waals surface area contributed by atoms with Gasteiger partial charge in [-0.2, -0.15) is 0 Å². The van der Waals surface area contributed by atoms with Crippen molar-refractivity contribution in [3.63, 3.8) is 0 Å². The molecule has 1 heterocycles. The number of nitrogens with zero attached hydrogens (tertiary/aromatic N) is 1. The Morgan fingerprint density at radius 2 is 1.05 bits per heavy atom. The van der Waals surface area contributed by atoms with Gasteiger partial charge in [0.15, 0.2) is 0 Å². The number of hydrogen-bond acceptors (Lipinski definition) is 1. The van der Waals surface area contributed by atoms with Crippen molar-refractivity contribution < 1.29 is 0 Å². The van der Waals surface area contributed by atoms with Gasteiger partial charge in [-0.1, -0.05) is 74.5 Å². The topological polar surface area (TPSA) is 3.24 Å². The van der Waals surface area contributed by atoms with Gasteiger partial charge in [-0.05, 0) is 137 Å². The van der Waals surface area contributed by atoms with Crippen molar-refractivity contribution in [2.75, 3.05) is 4.90 Å². The molecule has 9 rings (SSSR count). The lowest BCUT2D eigenvalue weighted by Crippen LogP contribution is -2.56. The molecule has 2 heteroatoms. The van der Waals surface area contributed by atoms with Gasteiger partial charge in [0.25, 0.3) is 0 Å². The molecule has 0 radical (unpaired) electrons. The van der Waals surface area contributed by atoms with Gasteiger partial charge in [0.1, 0.15) is 0 Å². The lowest BCUT2D eigenvalue weighted by atomic mass is 9.42. The molecule has 0 unspecified atom stereocenters. The standard InChI is InChI=1S/C37H36IN/c1-36(2)32-7-3-5-9-34(32)39(35-10-6-4-8-33(35)36)31-17-13-27(14-18-31)37(26-11-15-30(38)16-12-26)28-20-24-19-25(22-28)23-29(37)21-24/h3-18,24-25,28-29H,19-23H2,1-2H3. The van der Waals surface area contributed by atoms with E-state index in [0.29, 0.717) is 0 Å². The summed E-state index contributed by atoms with van der Waals surface area (Å²) in [6.07, 6.45) is 7.11. The highest BCUT2D eigenvalue weighted by atomic mass is 127. The summed E-state index contributed by atoms with van der Waals surface area (Å²) in [5.74, 6) is 3.43. The van der Waals surface area contributed by atoms with Crippen LogP contribution < -0.4 is 4.90 Å². The van der Waals surface area contributed by atoms with E-state index in [9.17, 15) is 0 Å². The SMILES string of the molecule is CC1(C)c2ccccc2N(c2ccc(C3(c4ccc(I)cc4)C4CC5CC(C4)CC3C5)cc2)c2ccccc21. The lowest BCUT2D eigenvalue weighted by molar-refractivity contribution is -0.0418. The maximum Gasteiger partial charge on any atom is 0.0502 e.